The van der Waals surface area contributed by atoms with E-state index in [1.165, 1.54) is 0 Å². The maximum Gasteiger partial charge on any atom is 0.316 e. The van der Waals surface area contributed by atoms with Gasteiger partial charge in [0.2, 0.25) is 0 Å². The van der Waals surface area contributed by atoms with Gasteiger partial charge in [-0.15, -0.1) is 0 Å². The van der Waals surface area contributed by atoms with Gasteiger partial charge in [0.05, 0.1) is 17.5 Å². The van der Waals surface area contributed by atoms with E-state index in [9.17, 15) is 14.4 Å². The minimum absolute atomic E-state index is 0.0738. The molecule has 21 heavy (non-hydrogen) atoms. The van der Waals surface area contributed by atoms with Gasteiger partial charge in [-0.2, -0.15) is 0 Å². The predicted molar refractivity (Wildman–Crippen MR) is 79.1 cm³/mol. The number of esters is 3. The number of allylic oxidation sites excluding steroid dienone is 1. The molecular formula is C13H20O6Si2. The van der Waals surface area contributed by atoms with Crippen LogP contribution in [0.2, 0.25) is 37.3 Å². The first-order valence-electron chi connectivity index (χ1n) is 6.87. The fourth-order valence-corrected chi connectivity index (χ4v) is 12.1. The lowest BCUT2D eigenvalue weighted by Crippen LogP contribution is -2.51. The second-order valence-corrected chi connectivity index (χ2v) is 15.2. The Kier molecular flexibility index (Phi) is 3.98. The van der Waals surface area contributed by atoms with Gasteiger partial charge in [-0.3, -0.25) is 14.4 Å². The van der Waals surface area contributed by atoms with Crippen LogP contribution >= 0.6 is 0 Å². The highest BCUT2D eigenvalue weighted by Gasteiger charge is 2.53. The van der Waals surface area contributed by atoms with Crippen LogP contribution in [0.4, 0.5) is 0 Å². The first kappa shape index (κ1) is 16.1. The monoisotopic (exact) mass is 328 g/mol. The Morgan fingerprint density at radius 2 is 1.43 bits per heavy atom. The predicted octanol–water partition coefficient (Wildman–Crippen LogP) is 2.09. The third kappa shape index (κ3) is 3.17. The number of ether oxygens (including phenoxy) is 2. The van der Waals surface area contributed by atoms with E-state index in [2.05, 4.69) is 11.3 Å². The second kappa shape index (κ2) is 5.18. The molecule has 0 radical (unpaired) electrons. The van der Waals surface area contributed by atoms with Crippen molar-refractivity contribution in [2.45, 2.75) is 50.1 Å². The summed E-state index contributed by atoms with van der Waals surface area (Å²) < 4.78 is 16.0. The molecule has 2 unspecified atom stereocenters. The van der Waals surface area contributed by atoms with Crippen LogP contribution in [-0.2, 0) is 28.0 Å². The van der Waals surface area contributed by atoms with Gasteiger partial charge < -0.3 is 13.6 Å². The van der Waals surface area contributed by atoms with E-state index in [-0.39, 0.29) is 17.9 Å². The highest BCUT2D eigenvalue weighted by Crippen LogP contribution is 2.42. The molecule has 2 atom stereocenters. The summed E-state index contributed by atoms with van der Waals surface area (Å²) in [6, 6.07) is 0. The van der Waals surface area contributed by atoms with Crippen LogP contribution in [0.25, 0.3) is 0 Å². The number of carbonyl (C=O) groups excluding carboxylic acids is 3. The number of cyclic esters (lactones) is 3. The summed E-state index contributed by atoms with van der Waals surface area (Å²) in [5.41, 5.74) is -0.817. The van der Waals surface area contributed by atoms with Gasteiger partial charge in [0.15, 0.2) is 16.6 Å². The summed E-state index contributed by atoms with van der Waals surface area (Å²) in [5, 5.41) is 0. The highest BCUT2D eigenvalue weighted by atomic mass is 28.4. The van der Waals surface area contributed by atoms with Gasteiger partial charge >= 0.3 is 17.9 Å². The summed E-state index contributed by atoms with van der Waals surface area (Å²) in [6.07, 6.45) is 0.543. The van der Waals surface area contributed by atoms with Crippen molar-refractivity contribution in [3.63, 3.8) is 0 Å². The Bertz CT molecular complexity index is 479. The minimum atomic E-state index is -2.50. The summed E-state index contributed by atoms with van der Waals surface area (Å²) in [5.74, 6) is -0.835. The van der Waals surface area contributed by atoms with E-state index in [1.807, 2.05) is 26.2 Å². The number of hydrogen-bond donors (Lipinski definition) is 0. The number of hydrogen-bond acceptors (Lipinski definition) is 6. The van der Waals surface area contributed by atoms with E-state index in [1.54, 1.807) is 0 Å². The van der Waals surface area contributed by atoms with Crippen molar-refractivity contribution in [1.82, 2.24) is 0 Å². The van der Waals surface area contributed by atoms with Gasteiger partial charge in [-0.25, -0.2) is 0 Å². The molecule has 6 nitrogen and oxygen atoms in total. The zero-order valence-corrected chi connectivity index (χ0v) is 14.7. The molecule has 0 amide bonds. The Morgan fingerprint density at radius 1 is 0.952 bits per heavy atom. The Hall–Kier alpha value is -1.26. The van der Waals surface area contributed by atoms with E-state index in [0.29, 0.717) is 12.2 Å². The molecule has 2 rings (SSSR count). The van der Waals surface area contributed by atoms with Crippen LogP contribution in [0.1, 0.15) is 12.8 Å². The highest BCUT2D eigenvalue weighted by molar-refractivity contribution is 6.89. The molecule has 0 aromatic rings. The summed E-state index contributed by atoms with van der Waals surface area (Å²) >= 11 is 0. The van der Waals surface area contributed by atoms with E-state index < -0.39 is 34.1 Å². The lowest BCUT2D eigenvalue weighted by Gasteiger charge is -2.37. The average Bonchev–Trinajstić information content (AvgIpc) is 2.80. The molecule has 116 valence electrons. The lowest BCUT2D eigenvalue weighted by molar-refractivity contribution is -0.152. The maximum atomic E-state index is 11.9. The molecule has 0 saturated carbocycles. The molecular weight excluding hydrogens is 308 g/mol. The molecule has 2 saturated heterocycles. The number of carbonyl (C=O) groups is 3. The van der Waals surface area contributed by atoms with Crippen molar-refractivity contribution >= 4 is 34.5 Å². The Labute approximate surface area is 125 Å². The van der Waals surface area contributed by atoms with Crippen molar-refractivity contribution in [3.8, 4) is 0 Å². The zero-order valence-electron chi connectivity index (χ0n) is 12.7. The molecule has 2 aliphatic rings. The van der Waals surface area contributed by atoms with E-state index >= 15 is 0 Å². The lowest BCUT2D eigenvalue weighted by atomic mass is 10.3. The van der Waals surface area contributed by atoms with Crippen LogP contribution in [0.15, 0.2) is 12.3 Å². The molecule has 0 spiro atoms. The van der Waals surface area contributed by atoms with E-state index in [4.69, 9.17) is 8.85 Å². The smallest absolute Gasteiger partial charge is 0.316 e. The van der Waals surface area contributed by atoms with Crippen molar-refractivity contribution in [2.24, 2.45) is 0 Å². The van der Waals surface area contributed by atoms with Gasteiger partial charge in [0.1, 0.15) is 5.76 Å². The standard InChI is InChI=1S/C13H20O6Si2/c1-8-6-9(12(15)17-8)20(2,3)19-21(4,5)10-7-11(14)18-13(10)16/h9-10H,1,6-7H2,2-5H3. The quantitative estimate of drug-likeness (QED) is 0.447. The fourth-order valence-electron chi connectivity index (χ4n) is 2.92. The van der Waals surface area contributed by atoms with Crippen molar-refractivity contribution < 1.29 is 28.0 Å². The fraction of sp³-hybridized carbons (Fsp3) is 0.615. The molecule has 0 aromatic heterocycles. The molecule has 0 aliphatic carbocycles. The molecule has 0 N–H and O–H groups in total. The van der Waals surface area contributed by atoms with Crippen LogP contribution in [-0.4, -0.2) is 34.5 Å². The summed E-state index contributed by atoms with van der Waals surface area (Å²) in [7, 11) is -4.92. The molecule has 2 heterocycles. The first-order chi connectivity index (χ1) is 9.53. The maximum absolute atomic E-state index is 11.9. The molecule has 0 aromatic carbocycles. The SMILES string of the molecule is C=C1CC([Si](C)(C)O[Si](C)(C)C2CC(=O)OC2=O)C(=O)O1. The van der Waals surface area contributed by atoms with Gasteiger partial charge in [0.25, 0.3) is 0 Å². The van der Waals surface area contributed by atoms with E-state index in [0.717, 1.165) is 0 Å². The topological polar surface area (TPSA) is 78.9 Å². The van der Waals surface area contributed by atoms with Gasteiger partial charge in [-0.1, -0.05) is 6.58 Å². The molecule has 8 heteroatoms. The first-order valence-corrected chi connectivity index (χ1v) is 12.8. The summed E-state index contributed by atoms with van der Waals surface area (Å²) in [4.78, 5) is 34.9. The van der Waals surface area contributed by atoms with Gasteiger partial charge in [-0.05, 0) is 26.2 Å². The third-order valence-electron chi connectivity index (χ3n) is 4.04. The van der Waals surface area contributed by atoms with Crippen molar-refractivity contribution in [1.29, 1.82) is 0 Å². The molecule has 0 bridgehead atoms. The van der Waals surface area contributed by atoms with Crippen molar-refractivity contribution in [2.75, 3.05) is 0 Å². The van der Waals surface area contributed by atoms with Crippen LogP contribution < -0.4 is 0 Å². The Balaban J connectivity index is 2.15. The second-order valence-electron chi connectivity index (χ2n) is 6.58. The van der Waals surface area contributed by atoms with Crippen molar-refractivity contribution in [3.05, 3.63) is 12.3 Å². The molecule has 2 fully saturated rings. The minimum Gasteiger partial charge on any atom is -0.454 e. The average molecular weight is 328 g/mol. The largest absolute Gasteiger partial charge is 0.454 e. The molecule has 2 aliphatic heterocycles. The van der Waals surface area contributed by atoms with Gasteiger partial charge in [0, 0.05) is 6.42 Å². The number of rotatable bonds is 4. The third-order valence-corrected chi connectivity index (χ3v) is 12.5. The van der Waals surface area contributed by atoms with Crippen LogP contribution in [0, 0.1) is 0 Å². The van der Waals surface area contributed by atoms with Crippen LogP contribution in [0.5, 0.6) is 0 Å². The Morgan fingerprint density at radius 3 is 1.81 bits per heavy atom. The summed E-state index contributed by atoms with van der Waals surface area (Å²) in [6.45, 7) is 11.3. The van der Waals surface area contributed by atoms with Crippen LogP contribution in [0.3, 0.4) is 0 Å². The normalized spacial score (nSPS) is 27.0. The zero-order chi connectivity index (χ0) is 16.0.